The molecule has 26 heavy (non-hydrogen) atoms. The standard InChI is InChI=1S/C17H12F2N4O3/c18-12-3-4-13(19)14(8-12)22-16(24)10-26-17(25)11-2-5-15(20-9-11)23-7-1-6-21-23/h1-9H,10H2,(H,22,24). The first-order valence-corrected chi connectivity index (χ1v) is 7.41. The van der Waals surface area contributed by atoms with E-state index in [9.17, 15) is 18.4 Å². The first-order valence-electron chi connectivity index (χ1n) is 7.41. The zero-order valence-corrected chi connectivity index (χ0v) is 13.2. The van der Waals surface area contributed by atoms with Gasteiger partial charge in [-0.2, -0.15) is 5.10 Å². The van der Waals surface area contributed by atoms with Crippen LogP contribution in [0.2, 0.25) is 0 Å². The van der Waals surface area contributed by atoms with Crippen LogP contribution in [-0.4, -0.2) is 33.2 Å². The third-order valence-corrected chi connectivity index (χ3v) is 3.26. The van der Waals surface area contributed by atoms with Gasteiger partial charge in [0.25, 0.3) is 5.91 Å². The van der Waals surface area contributed by atoms with Gasteiger partial charge in [0.1, 0.15) is 11.6 Å². The van der Waals surface area contributed by atoms with Crippen LogP contribution < -0.4 is 5.32 Å². The Balaban J connectivity index is 1.56. The van der Waals surface area contributed by atoms with Crippen LogP contribution in [0.15, 0.2) is 55.0 Å². The van der Waals surface area contributed by atoms with Crippen molar-refractivity contribution in [2.24, 2.45) is 0 Å². The Hall–Kier alpha value is -3.62. The van der Waals surface area contributed by atoms with Gasteiger partial charge in [-0.3, -0.25) is 4.79 Å². The van der Waals surface area contributed by atoms with E-state index < -0.39 is 30.1 Å². The summed E-state index contributed by atoms with van der Waals surface area (Å²) in [6.07, 6.45) is 4.56. The van der Waals surface area contributed by atoms with E-state index in [0.29, 0.717) is 5.82 Å². The summed E-state index contributed by atoms with van der Waals surface area (Å²) >= 11 is 0. The number of carbonyl (C=O) groups is 2. The van der Waals surface area contributed by atoms with Crippen molar-refractivity contribution in [1.82, 2.24) is 14.8 Å². The largest absolute Gasteiger partial charge is 0.452 e. The fourth-order valence-electron chi connectivity index (χ4n) is 2.04. The number of benzene rings is 1. The monoisotopic (exact) mass is 358 g/mol. The molecule has 0 saturated heterocycles. The molecule has 132 valence electrons. The summed E-state index contributed by atoms with van der Waals surface area (Å²) in [5.41, 5.74) is -0.207. The Labute approximate surface area is 146 Å². The van der Waals surface area contributed by atoms with Crippen LogP contribution in [0.1, 0.15) is 10.4 Å². The van der Waals surface area contributed by atoms with E-state index in [1.807, 2.05) is 0 Å². The lowest BCUT2D eigenvalue weighted by Crippen LogP contribution is -2.21. The topological polar surface area (TPSA) is 86.1 Å². The van der Waals surface area contributed by atoms with Crippen molar-refractivity contribution in [2.75, 3.05) is 11.9 Å². The molecule has 0 aliphatic heterocycles. The molecule has 1 amide bonds. The smallest absolute Gasteiger partial charge is 0.340 e. The second-order valence-corrected chi connectivity index (χ2v) is 5.10. The number of pyridine rings is 1. The molecule has 7 nitrogen and oxygen atoms in total. The predicted molar refractivity (Wildman–Crippen MR) is 86.6 cm³/mol. The maximum atomic E-state index is 13.4. The Bertz CT molecular complexity index is 928. The van der Waals surface area contributed by atoms with Gasteiger partial charge in [0.05, 0.1) is 11.3 Å². The lowest BCUT2D eigenvalue weighted by Gasteiger charge is -2.08. The first-order chi connectivity index (χ1) is 12.5. The van der Waals surface area contributed by atoms with Gasteiger partial charge in [0.15, 0.2) is 12.4 Å². The maximum absolute atomic E-state index is 13.4. The fourth-order valence-corrected chi connectivity index (χ4v) is 2.04. The van der Waals surface area contributed by atoms with Crippen molar-refractivity contribution in [3.63, 3.8) is 0 Å². The van der Waals surface area contributed by atoms with Gasteiger partial charge in [0, 0.05) is 24.7 Å². The maximum Gasteiger partial charge on any atom is 0.340 e. The van der Waals surface area contributed by atoms with Crippen molar-refractivity contribution < 1.29 is 23.1 Å². The van der Waals surface area contributed by atoms with Crippen LogP contribution in [0, 0.1) is 11.6 Å². The highest BCUT2D eigenvalue weighted by Crippen LogP contribution is 2.15. The van der Waals surface area contributed by atoms with Gasteiger partial charge in [-0.05, 0) is 30.3 Å². The Morgan fingerprint density at radius 2 is 2.04 bits per heavy atom. The molecule has 3 aromatic rings. The third kappa shape index (κ3) is 4.07. The minimum Gasteiger partial charge on any atom is -0.452 e. The molecule has 1 aromatic carbocycles. The number of nitrogens with zero attached hydrogens (tertiary/aromatic N) is 3. The van der Waals surface area contributed by atoms with Crippen LogP contribution in [-0.2, 0) is 9.53 Å². The lowest BCUT2D eigenvalue weighted by atomic mass is 10.3. The molecule has 0 unspecified atom stereocenters. The summed E-state index contributed by atoms with van der Waals surface area (Å²) in [7, 11) is 0. The number of hydrogen-bond donors (Lipinski definition) is 1. The molecular formula is C17H12F2N4O3. The number of amides is 1. The average Bonchev–Trinajstić information content (AvgIpc) is 3.17. The summed E-state index contributed by atoms with van der Waals surface area (Å²) in [5.74, 6) is -2.58. The van der Waals surface area contributed by atoms with Crippen molar-refractivity contribution in [3.05, 3.63) is 72.2 Å². The fraction of sp³-hybridized carbons (Fsp3) is 0.0588. The van der Waals surface area contributed by atoms with Crippen LogP contribution >= 0.6 is 0 Å². The van der Waals surface area contributed by atoms with E-state index in [1.165, 1.54) is 16.9 Å². The van der Waals surface area contributed by atoms with E-state index in [1.54, 1.807) is 24.5 Å². The number of halogens is 2. The number of rotatable bonds is 5. The SMILES string of the molecule is O=C(COC(=O)c1ccc(-n2cccn2)nc1)Nc1cc(F)ccc1F. The van der Waals surface area contributed by atoms with Gasteiger partial charge >= 0.3 is 5.97 Å². The molecule has 2 aromatic heterocycles. The van der Waals surface area contributed by atoms with Gasteiger partial charge in [0.2, 0.25) is 0 Å². The first kappa shape index (κ1) is 17.2. The van der Waals surface area contributed by atoms with Gasteiger partial charge in [-0.25, -0.2) is 23.2 Å². The van der Waals surface area contributed by atoms with Crippen LogP contribution in [0.25, 0.3) is 5.82 Å². The Morgan fingerprint density at radius 3 is 2.73 bits per heavy atom. The van der Waals surface area contributed by atoms with E-state index in [0.717, 1.165) is 18.2 Å². The number of anilines is 1. The number of nitrogens with one attached hydrogen (secondary N) is 1. The highest BCUT2D eigenvalue weighted by molar-refractivity contribution is 5.95. The van der Waals surface area contributed by atoms with E-state index in [4.69, 9.17) is 4.74 Å². The summed E-state index contributed by atoms with van der Waals surface area (Å²) in [4.78, 5) is 27.7. The molecule has 2 heterocycles. The highest BCUT2D eigenvalue weighted by atomic mass is 19.1. The number of hydrogen-bond acceptors (Lipinski definition) is 5. The van der Waals surface area contributed by atoms with Crippen molar-refractivity contribution in [1.29, 1.82) is 0 Å². The van der Waals surface area contributed by atoms with Gasteiger partial charge in [-0.15, -0.1) is 0 Å². The summed E-state index contributed by atoms with van der Waals surface area (Å²) < 4.78 is 32.8. The van der Waals surface area contributed by atoms with Crippen molar-refractivity contribution in [2.45, 2.75) is 0 Å². The molecule has 0 fully saturated rings. The molecule has 0 radical (unpaired) electrons. The Kier molecular flexibility index (Phi) is 4.97. The van der Waals surface area contributed by atoms with Crippen molar-refractivity contribution in [3.8, 4) is 5.82 Å². The average molecular weight is 358 g/mol. The van der Waals surface area contributed by atoms with Gasteiger partial charge in [-0.1, -0.05) is 0 Å². The molecule has 0 saturated carbocycles. The minimum atomic E-state index is -0.802. The van der Waals surface area contributed by atoms with Gasteiger partial charge < -0.3 is 10.1 Å². The quantitative estimate of drug-likeness (QED) is 0.708. The van der Waals surface area contributed by atoms with E-state index in [2.05, 4.69) is 15.4 Å². The zero-order chi connectivity index (χ0) is 18.5. The summed E-state index contributed by atoms with van der Waals surface area (Å²) in [6.45, 7) is -0.657. The third-order valence-electron chi connectivity index (χ3n) is 3.26. The lowest BCUT2D eigenvalue weighted by molar-refractivity contribution is -0.119. The van der Waals surface area contributed by atoms with Crippen LogP contribution in [0.5, 0.6) is 0 Å². The molecule has 0 aliphatic rings. The highest BCUT2D eigenvalue weighted by Gasteiger charge is 2.13. The molecular weight excluding hydrogens is 346 g/mol. The number of carbonyl (C=O) groups excluding carboxylic acids is 2. The second kappa shape index (κ2) is 7.51. The van der Waals surface area contributed by atoms with Crippen molar-refractivity contribution >= 4 is 17.6 Å². The molecule has 1 N–H and O–H groups in total. The molecule has 0 spiro atoms. The van der Waals surface area contributed by atoms with E-state index >= 15 is 0 Å². The van der Waals surface area contributed by atoms with Crippen LogP contribution in [0.3, 0.4) is 0 Å². The summed E-state index contributed by atoms with van der Waals surface area (Å²) in [5, 5.41) is 6.13. The number of ether oxygens (including phenoxy) is 1. The van der Waals surface area contributed by atoms with E-state index in [-0.39, 0.29) is 11.3 Å². The molecule has 3 rings (SSSR count). The molecule has 0 bridgehead atoms. The predicted octanol–water partition coefficient (Wildman–Crippen LogP) is 2.34. The normalized spacial score (nSPS) is 10.4. The Morgan fingerprint density at radius 1 is 1.19 bits per heavy atom. The van der Waals surface area contributed by atoms with Crippen LogP contribution in [0.4, 0.5) is 14.5 Å². The minimum absolute atomic E-state index is 0.130. The molecule has 0 atom stereocenters. The summed E-state index contributed by atoms with van der Waals surface area (Å²) in [6, 6.07) is 7.38. The number of esters is 1. The zero-order valence-electron chi connectivity index (χ0n) is 13.2. The second-order valence-electron chi connectivity index (χ2n) is 5.10. The molecule has 9 heteroatoms. The molecule has 0 aliphatic carbocycles. The number of aromatic nitrogens is 3.